The Kier molecular flexibility index (Phi) is 10.5. The lowest BCUT2D eigenvalue weighted by atomic mass is 9.85. The standard InChI is InChI=1S/C22H25N3O4S.C18H18N2/c1-2-29-22(27)23-16-7-8-20-18(15-16)25(17-5-3-4-6-19(17)30-20)21(26)9-10-24-11-13-28-14-12-24;1-3-7-14(8-4-1)18(15-9-5-2-6-10-15)13-16(18)17-19-11-12-20-17/h3-8,15H,2,9-14H2,1H3,(H,23,27);1-10,16H,11-13H2,(H,19,20). The first kappa shape index (κ1) is 33.8. The second-order valence-electron chi connectivity index (χ2n) is 12.7. The van der Waals surface area contributed by atoms with Gasteiger partial charge in [-0.05, 0) is 54.8 Å². The summed E-state index contributed by atoms with van der Waals surface area (Å²) in [5, 5.41) is 6.19. The largest absolute Gasteiger partial charge is 0.450 e. The van der Waals surface area contributed by atoms with E-state index in [1.807, 2.05) is 42.5 Å². The number of benzene rings is 4. The molecule has 9 nitrogen and oxygen atoms in total. The van der Waals surface area contributed by atoms with Crippen molar-refractivity contribution in [1.82, 2.24) is 10.2 Å². The van der Waals surface area contributed by atoms with Crippen LogP contribution in [0.3, 0.4) is 0 Å². The second-order valence-corrected chi connectivity index (χ2v) is 13.8. The lowest BCUT2D eigenvalue weighted by Crippen LogP contribution is -2.39. The molecule has 1 atom stereocenters. The van der Waals surface area contributed by atoms with Crippen LogP contribution in [0.15, 0.2) is 118 Å². The van der Waals surface area contributed by atoms with E-state index in [0.717, 1.165) is 53.8 Å². The van der Waals surface area contributed by atoms with E-state index in [4.69, 9.17) is 9.47 Å². The minimum absolute atomic E-state index is 0.0313. The van der Waals surface area contributed by atoms with Gasteiger partial charge in [0.25, 0.3) is 0 Å². The first-order valence-corrected chi connectivity index (χ1v) is 18.3. The van der Waals surface area contributed by atoms with Crippen LogP contribution in [0.5, 0.6) is 0 Å². The Morgan fingerprint density at radius 1 is 0.920 bits per heavy atom. The van der Waals surface area contributed by atoms with Crippen molar-refractivity contribution in [2.45, 2.75) is 35.0 Å². The van der Waals surface area contributed by atoms with Gasteiger partial charge in [-0.25, -0.2) is 4.79 Å². The summed E-state index contributed by atoms with van der Waals surface area (Å²) in [6.45, 7) is 7.79. The summed E-state index contributed by atoms with van der Waals surface area (Å²) < 4.78 is 10.4. The molecular formula is C40H43N5O4S. The average molecular weight is 690 g/mol. The third-order valence-corrected chi connectivity index (χ3v) is 10.7. The van der Waals surface area contributed by atoms with E-state index >= 15 is 0 Å². The van der Waals surface area contributed by atoms with Crippen LogP contribution in [0, 0.1) is 5.92 Å². The van der Waals surface area contributed by atoms with Crippen LogP contribution in [0.2, 0.25) is 0 Å². The fraction of sp³-hybridized carbons (Fsp3) is 0.325. The lowest BCUT2D eigenvalue weighted by Gasteiger charge is -2.32. The zero-order valence-corrected chi connectivity index (χ0v) is 29.2. The Morgan fingerprint density at radius 3 is 2.28 bits per heavy atom. The zero-order valence-electron chi connectivity index (χ0n) is 28.3. The number of aliphatic imine (C=N–C) groups is 1. The van der Waals surface area contributed by atoms with Crippen LogP contribution < -0.4 is 15.5 Å². The number of nitrogens with one attached hydrogen (secondary N) is 2. The van der Waals surface area contributed by atoms with Gasteiger partial charge in [-0.1, -0.05) is 84.6 Å². The molecule has 1 aliphatic carbocycles. The number of hydrogen-bond donors (Lipinski definition) is 2. The Labute approximate surface area is 298 Å². The highest BCUT2D eigenvalue weighted by molar-refractivity contribution is 7.99. The number of amides is 2. The number of carbonyl (C=O) groups is 2. The van der Waals surface area contributed by atoms with Gasteiger partial charge in [-0.3, -0.25) is 24.9 Å². The molecule has 0 spiro atoms. The maximum absolute atomic E-state index is 13.3. The van der Waals surface area contributed by atoms with Gasteiger partial charge in [0.1, 0.15) is 5.84 Å². The molecule has 3 aliphatic heterocycles. The van der Waals surface area contributed by atoms with Gasteiger partial charge in [0.15, 0.2) is 0 Å². The quantitative estimate of drug-likeness (QED) is 0.204. The highest BCUT2D eigenvalue weighted by Gasteiger charge is 2.59. The molecule has 2 amide bonds. The Balaban J connectivity index is 0.000000169. The topological polar surface area (TPSA) is 95.5 Å². The summed E-state index contributed by atoms with van der Waals surface area (Å²) in [4.78, 5) is 35.9. The number of para-hydroxylation sites is 1. The molecule has 1 saturated carbocycles. The molecule has 258 valence electrons. The molecule has 50 heavy (non-hydrogen) atoms. The van der Waals surface area contributed by atoms with Crippen LogP contribution in [0.4, 0.5) is 21.9 Å². The first-order chi connectivity index (χ1) is 24.6. The molecule has 2 fully saturated rings. The summed E-state index contributed by atoms with van der Waals surface area (Å²) in [6, 6.07) is 35.2. The molecule has 4 aliphatic rings. The van der Waals surface area contributed by atoms with E-state index in [0.29, 0.717) is 44.4 Å². The number of hydrogen-bond acceptors (Lipinski definition) is 8. The van der Waals surface area contributed by atoms with Crippen molar-refractivity contribution in [3.63, 3.8) is 0 Å². The van der Waals surface area contributed by atoms with Crippen LogP contribution in [-0.4, -0.2) is 75.3 Å². The van der Waals surface area contributed by atoms with Crippen LogP contribution in [0.1, 0.15) is 30.9 Å². The summed E-state index contributed by atoms with van der Waals surface area (Å²) in [6.07, 6.45) is 1.06. The predicted octanol–water partition coefficient (Wildman–Crippen LogP) is 7.10. The third kappa shape index (κ3) is 7.28. The molecule has 0 bridgehead atoms. The minimum atomic E-state index is -0.508. The van der Waals surface area contributed by atoms with E-state index in [2.05, 4.69) is 81.2 Å². The number of fused-ring (bicyclic) bond motifs is 2. The predicted molar refractivity (Wildman–Crippen MR) is 199 cm³/mol. The second kappa shape index (κ2) is 15.5. The minimum Gasteiger partial charge on any atom is -0.450 e. The van der Waals surface area contributed by atoms with E-state index in [-0.39, 0.29) is 11.3 Å². The van der Waals surface area contributed by atoms with Crippen molar-refractivity contribution in [3.8, 4) is 0 Å². The SMILES string of the molecule is CCOC(=O)Nc1ccc2c(c1)N(C(=O)CCN1CCOCC1)c1ccccc1S2.c1ccc(C2(c3ccccc3)CC2C2=NCCN2)cc1. The molecule has 1 saturated heterocycles. The number of ether oxygens (including phenoxy) is 2. The van der Waals surface area contributed by atoms with Gasteiger partial charge in [0.2, 0.25) is 5.91 Å². The fourth-order valence-electron chi connectivity index (χ4n) is 7.10. The van der Waals surface area contributed by atoms with Crippen LogP contribution >= 0.6 is 11.8 Å². The normalized spacial score (nSPS) is 18.7. The van der Waals surface area contributed by atoms with Crippen LogP contribution in [-0.2, 0) is 19.7 Å². The van der Waals surface area contributed by atoms with Gasteiger partial charge < -0.3 is 14.8 Å². The van der Waals surface area contributed by atoms with Gasteiger partial charge >= 0.3 is 6.09 Å². The number of morpholine rings is 1. The fourth-order valence-corrected chi connectivity index (χ4v) is 8.13. The van der Waals surface area contributed by atoms with Crippen molar-refractivity contribution in [2.24, 2.45) is 10.9 Å². The maximum atomic E-state index is 13.3. The number of carbonyl (C=O) groups excluding carboxylic acids is 2. The summed E-state index contributed by atoms with van der Waals surface area (Å²) in [7, 11) is 0. The van der Waals surface area contributed by atoms with Gasteiger partial charge in [0, 0.05) is 59.4 Å². The van der Waals surface area contributed by atoms with Crippen LogP contribution in [0.25, 0.3) is 0 Å². The smallest absolute Gasteiger partial charge is 0.411 e. The van der Waals surface area contributed by atoms with Crippen molar-refractivity contribution < 1.29 is 19.1 Å². The first-order valence-electron chi connectivity index (χ1n) is 17.4. The zero-order chi connectivity index (χ0) is 34.3. The van der Waals surface area contributed by atoms with E-state index in [1.54, 1.807) is 23.6 Å². The summed E-state index contributed by atoms with van der Waals surface area (Å²) in [5.74, 6) is 1.75. The number of amidine groups is 1. The van der Waals surface area contributed by atoms with Crippen molar-refractivity contribution in [2.75, 3.05) is 62.8 Å². The highest BCUT2D eigenvalue weighted by atomic mass is 32.2. The molecule has 10 heteroatoms. The van der Waals surface area contributed by atoms with E-state index < -0.39 is 6.09 Å². The van der Waals surface area contributed by atoms with Gasteiger partial charge in [-0.2, -0.15) is 0 Å². The summed E-state index contributed by atoms with van der Waals surface area (Å²) in [5.41, 5.74) is 5.19. The van der Waals surface area contributed by atoms with Crippen molar-refractivity contribution in [3.05, 3.63) is 114 Å². The molecule has 2 N–H and O–H groups in total. The van der Waals surface area contributed by atoms with Crippen molar-refractivity contribution in [1.29, 1.82) is 0 Å². The molecule has 4 aromatic rings. The third-order valence-electron chi connectivity index (χ3n) is 9.61. The highest BCUT2D eigenvalue weighted by Crippen LogP contribution is 2.59. The molecule has 8 rings (SSSR count). The van der Waals surface area contributed by atoms with E-state index in [1.165, 1.54) is 17.0 Å². The maximum Gasteiger partial charge on any atom is 0.411 e. The number of anilines is 3. The number of nitrogens with zero attached hydrogens (tertiary/aromatic N) is 3. The Morgan fingerprint density at radius 2 is 1.60 bits per heavy atom. The summed E-state index contributed by atoms with van der Waals surface area (Å²) >= 11 is 1.62. The number of rotatable bonds is 8. The molecule has 1 unspecified atom stereocenters. The molecule has 0 aromatic heterocycles. The molecule has 4 aromatic carbocycles. The van der Waals surface area contributed by atoms with Gasteiger partial charge in [0.05, 0.1) is 37.7 Å². The Bertz CT molecular complexity index is 1790. The monoisotopic (exact) mass is 689 g/mol. The molecular weight excluding hydrogens is 647 g/mol. The molecule has 0 radical (unpaired) electrons. The lowest BCUT2D eigenvalue weighted by molar-refractivity contribution is -0.118. The van der Waals surface area contributed by atoms with Crippen molar-refractivity contribution >= 4 is 46.7 Å². The van der Waals surface area contributed by atoms with E-state index in [9.17, 15) is 9.59 Å². The van der Waals surface area contributed by atoms with Gasteiger partial charge in [-0.15, -0.1) is 0 Å². The molecule has 3 heterocycles. The Hall–Kier alpha value is -4.64. The average Bonchev–Trinajstić information content (AvgIpc) is 3.69.